The number of hydrogen-bond donors (Lipinski definition) is 0. The summed E-state index contributed by atoms with van der Waals surface area (Å²) < 4.78 is 2.40. The maximum absolute atomic E-state index is 5.81. The van der Waals surface area contributed by atoms with Crippen LogP contribution in [0.25, 0.3) is 16.9 Å². The lowest BCUT2D eigenvalue weighted by Gasteiger charge is -2.02. The minimum Gasteiger partial charge on any atom is -0.225 e. The van der Waals surface area contributed by atoms with E-state index >= 15 is 0 Å². The minimum absolute atomic E-state index is 0.190. The lowest BCUT2D eigenvalue weighted by molar-refractivity contribution is 0.833. The zero-order valence-corrected chi connectivity index (χ0v) is 12.0. The van der Waals surface area contributed by atoms with Crippen molar-refractivity contribution >= 4 is 27.5 Å². The second-order valence-corrected chi connectivity index (χ2v) is 5.04. The Kier molecular flexibility index (Phi) is 3.31. The van der Waals surface area contributed by atoms with Crippen LogP contribution in [0.1, 0.15) is 0 Å². The molecule has 0 atom stereocenters. The Labute approximate surface area is 123 Å². The molecule has 0 amide bonds. The van der Waals surface area contributed by atoms with Gasteiger partial charge in [0.2, 0.25) is 5.28 Å². The van der Waals surface area contributed by atoms with Crippen LogP contribution < -0.4 is 0 Å². The van der Waals surface area contributed by atoms with Gasteiger partial charge in [0, 0.05) is 18.0 Å². The van der Waals surface area contributed by atoms with Crippen LogP contribution in [-0.2, 0) is 0 Å². The molecule has 0 radical (unpaired) electrons. The van der Waals surface area contributed by atoms with Crippen LogP contribution in [0.5, 0.6) is 0 Å². The first kappa shape index (κ1) is 12.3. The Morgan fingerprint density at radius 2 is 1.84 bits per heavy atom. The molecule has 0 aliphatic heterocycles. The number of aromatic nitrogens is 4. The van der Waals surface area contributed by atoms with Crippen molar-refractivity contribution < 1.29 is 0 Å². The third-order valence-corrected chi connectivity index (χ3v) is 3.34. The topological polar surface area (TPSA) is 43.6 Å². The van der Waals surface area contributed by atoms with Gasteiger partial charge in [-0.1, -0.05) is 30.3 Å². The van der Waals surface area contributed by atoms with E-state index in [0.29, 0.717) is 5.82 Å². The van der Waals surface area contributed by atoms with Crippen molar-refractivity contribution in [3.8, 4) is 16.9 Å². The second kappa shape index (κ2) is 5.11. The lowest BCUT2D eigenvalue weighted by atomic mass is 10.1. The van der Waals surface area contributed by atoms with E-state index in [-0.39, 0.29) is 5.28 Å². The first-order chi connectivity index (χ1) is 9.24. The Hall–Kier alpha value is -1.72. The molecule has 0 saturated heterocycles. The molecule has 0 aliphatic rings. The fraction of sp³-hybridized carbons (Fsp3) is 0. The zero-order valence-electron chi connectivity index (χ0n) is 9.66. The van der Waals surface area contributed by atoms with E-state index in [1.807, 2.05) is 36.5 Å². The molecule has 94 valence electrons. The molecule has 3 aromatic rings. The van der Waals surface area contributed by atoms with E-state index in [0.717, 1.165) is 15.6 Å². The van der Waals surface area contributed by atoms with Crippen LogP contribution in [0, 0.1) is 0 Å². The summed E-state index contributed by atoms with van der Waals surface area (Å²) in [7, 11) is 0. The summed E-state index contributed by atoms with van der Waals surface area (Å²) >= 11 is 9.19. The van der Waals surface area contributed by atoms with Gasteiger partial charge in [0.15, 0.2) is 5.82 Å². The predicted octanol–water partition coefficient (Wildman–Crippen LogP) is 3.75. The molecule has 2 aromatic heterocycles. The lowest BCUT2D eigenvalue weighted by Crippen LogP contribution is -2.00. The van der Waals surface area contributed by atoms with Gasteiger partial charge in [-0.2, -0.15) is 10.1 Å². The Morgan fingerprint density at radius 1 is 1.05 bits per heavy atom. The largest absolute Gasteiger partial charge is 0.225 e. The molecule has 1 aromatic carbocycles. The molecule has 0 saturated carbocycles. The molecule has 0 aliphatic carbocycles. The maximum Gasteiger partial charge on any atom is 0.224 e. The van der Waals surface area contributed by atoms with E-state index in [9.17, 15) is 0 Å². The molecule has 0 bridgehead atoms. The Bertz CT molecular complexity index is 712. The van der Waals surface area contributed by atoms with E-state index in [1.165, 1.54) is 0 Å². The van der Waals surface area contributed by atoms with Gasteiger partial charge in [0.1, 0.15) is 0 Å². The number of hydrogen-bond acceptors (Lipinski definition) is 3. The fourth-order valence-corrected chi connectivity index (χ4v) is 2.22. The van der Waals surface area contributed by atoms with E-state index in [4.69, 9.17) is 11.6 Å². The van der Waals surface area contributed by atoms with Crippen LogP contribution in [0.2, 0.25) is 5.28 Å². The van der Waals surface area contributed by atoms with Gasteiger partial charge in [-0.05, 0) is 33.1 Å². The van der Waals surface area contributed by atoms with Gasteiger partial charge in [-0.3, -0.25) is 0 Å². The van der Waals surface area contributed by atoms with E-state index in [1.54, 1.807) is 17.1 Å². The van der Waals surface area contributed by atoms with Crippen molar-refractivity contribution in [3.05, 3.63) is 58.7 Å². The summed E-state index contributed by atoms with van der Waals surface area (Å²) in [5.41, 5.74) is 2.12. The summed E-state index contributed by atoms with van der Waals surface area (Å²) in [5.74, 6) is 0.613. The molecule has 0 fully saturated rings. The van der Waals surface area contributed by atoms with E-state index in [2.05, 4.69) is 31.0 Å². The molecule has 6 heteroatoms. The molecular weight excluding hydrogens is 328 g/mol. The summed E-state index contributed by atoms with van der Waals surface area (Å²) in [6, 6.07) is 10.0. The molecule has 2 heterocycles. The van der Waals surface area contributed by atoms with Gasteiger partial charge in [-0.25, -0.2) is 9.67 Å². The van der Waals surface area contributed by atoms with Gasteiger partial charge in [-0.15, -0.1) is 0 Å². The smallest absolute Gasteiger partial charge is 0.224 e. The monoisotopic (exact) mass is 334 g/mol. The molecular formula is C13H8BrClN4. The molecule has 0 spiro atoms. The van der Waals surface area contributed by atoms with Crippen molar-refractivity contribution in [1.82, 2.24) is 19.7 Å². The van der Waals surface area contributed by atoms with Crippen molar-refractivity contribution in [2.24, 2.45) is 0 Å². The standard InChI is InChI=1S/C13H8BrClN4/c14-11-7-16-13(15)18-12(11)19-8-10(6-17-19)9-4-2-1-3-5-9/h1-8H. The normalized spacial score (nSPS) is 10.6. The highest BCUT2D eigenvalue weighted by atomic mass is 79.9. The van der Waals surface area contributed by atoms with Crippen LogP contribution in [0.15, 0.2) is 53.4 Å². The quantitative estimate of drug-likeness (QED) is 0.670. The first-order valence-corrected chi connectivity index (χ1v) is 6.69. The fourth-order valence-electron chi connectivity index (χ4n) is 1.72. The zero-order chi connectivity index (χ0) is 13.2. The highest BCUT2D eigenvalue weighted by Gasteiger charge is 2.09. The van der Waals surface area contributed by atoms with Crippen molar-refractivity contribution in [2.45, 2.75) is 0 Å². The molecule has 0 N–H and O–H groups in total. The van der Waals surface area contributed by atoms with Crippen LogP contribution in [0.4, 0.5) is 0 Å². The first-order valence-electron chi connectivity index (χ1n) is 5.52. The summed E-state index contributed by atoms with van der Waals surface area (Å²) in [6.07, 6.45) is 5.30. The summed E-state index contributed by atoms with van der Waals surface area (Å²) in [5, 5.41) is 4.49. The van der Waals surface area contributed by atoms with Gasteiger partial charge >= 0.3 is 0 Å². The average Bonchev–Trinajstić information content (AvgIpc) is 2.92. The highest BCUT2D eigenvalue weighted by Crippen LogP contribution is 2.23. The number of benzene rings is 1. The summed E-state index contributed by atoms with van der Waals surface area (Å²) in [6.45, 7) is 0. The van der Waals surface area contributed by atoms with Crippen LogP contribution in [0.3, 0.4) is 0 Å². The van der Waals surface area contributed by atoms with Gasteiger partial charge < -0.3 is 0 Å². The van der Waals surface area contributed by atoms with Crippen LogP contribution in [-0.4, -0.2) is 19.7 Å². The highest BCUT2D eigenvalue weighted by molar-refractivity contribution is 9.10. The minimum atomic E-state index is 0.190. The Balaban J connectivity index is 2.04. The van der Waals surface area contributed by atoms with E-state index < -0.39 is 0 Å². The van der Waals surface area contributed by atoms with Crippen LogP contribution >= 0.6 is 27.5 Å². The van der Waals surface area contributed by atoms with Crippen molar-refractivity contribution in [3.63, 3.8) is 0 Å². The second-order valence-electron chi connectivity index (χ2n) is 3.85. The maximum atomic E-state index is 5.81. The Morgan fingerprint density at radius 3 is 2.63 bits per heavy atom. The van der Waals surface area contributed by atoms with Crippen molar-refractivity contribution in [1.29, 1.82) is 0 Å². The average molecular weight is 336 g/mol. The summed E-state index contributed by atoms with van der Waals surface area (Å²) in [4.78, 5) is 8.05. The van der Waals surface area contributed by atoms with Crippen molar-refractivity contribution in [2.75, 3.05) is 0 Å². The molecule has 0 unspecified atom stereocenters. The van der Waals surface area contributed by atoms with Gasteiger partial charge in [0.25, 0.3) is 0 Å². The number of rotatable bonds is 2. The third kappa shape index (κ3) is 2.52. The molecule has 4 nitrogen and oxygen atoms in total. The number of halogens is 2. The third-order valence-electron chi connectivity index (χ3n) is 2.60. The predicted molar refractivity (Wildman–Crippen MR) is 77.3 cm³/mol. The SMILES string of the molecule is Clc1ncc(Br)c(-n2cc(-c3ccccc3)cn2)n1. The van der Waals surface area contributed by atoms with Gasteiger partial charge in [0.05, 0.1) is 10.7 Å². The molecule has 19 heavy (non-hydrogen) atoms. The number of nitrogens with zero attached hydrogens (tertiary/aromatic N) is 4. The molecule has 3 rings (SSSR count).